The highest BCUT2D eigenvalue weighted by atomic mass is 32.1. The first-order valence-electron chi connectivity index (χ1n) is 16.5. The molecule has 2 aromatic heterocycles. The van der Waals surface area contributed by atoms with Crippen molar-refractivity contribution in [2.75, 3.05) is 50.9 Å². The Morgan fingerprint density at radius 2 is 1.82 bits per heavy atom. The molecule has 2 aliphatic heterocycles. The number of carbonyl (C=O) groups excluding carboxylic acids is 3. The van der Waals surface area contributed by atoms with E-state index in [1.807, 2.05) is 16.3 Å². The summed E-state index contributed by atoms with van der Waals surface area (Å²) in [6.07, 6.45) is 8.92. The van der Waals surface area contributed by atoms with Crippen LogP contribution in [0, 0.1) is 5.92 Å². The minimum absolute atomic E-state index is 0.0346. The fourth-order valence-electron chi connectivity index (χ4n) is 5.89. The van der Waals surface area contributed by atoms with Crippen LogP contribution in [0.5, 0.6) is 5.75 Å². The molecular formula is C31H38N8O4S. The van der Waals surface area contributed by atoms with E-state index < -0.39 is 12.9 Å². The average Bonchev–Trinajstić information content (AvgIpc) is 3.81. The number of carbonyl (C=O) groups is 3. The van der Waals surface area contributed by atoms with E-state index in [1.54, 1.807) is 18.3 Å². The maximum Gasteiger partial charge on any atom is 0.273 e. The lowest BCUT2D eigenvalue weighted by atomic mass is 10.00. The van der Waals surface area contributed by atoms with Gasteiger partial charge in [-0.25, -0.2) is 4.98 Å². The van der Waals surface area contributed by atoms with E-state index in [4.69, 9.17) is 8.85 Å². The third kappa shape index (κ3) is 6.53. The highest BCUT2D eigenvalue weighted by Gasteiger charge is 2.31. The minimum atomic E-state index is -2.75. The molecule has 44 heavy (non-hydrogen) atoms. The molecule has 13 heteroatoms. The second-order valence-corrected chi connectivity index (χ2v) is 12.4. The van der Waals surface area contributed by atoms with E-state index in [-0.39, 0.29) is 34.9 Å². The van der Waals surface area contributed by atoms with Crippen molar-refractivity contribution in [2.24, 2.45) is 5.92 Å². The van der Waals surface area contributed by atoms with Gasteiger partial charge in [-0.2, -0.15) is 0 Å². The Labute approximate surface area is 264 Å². The van der Waals surface area contributed by atoms with Crippen LogP contribution in [0.3, 0.4) is 0 Å². The van der Waals surface area contributed by atoms with Crippen molar-refractivity contribution in [3.8, 4) is 16.3 Å². The first-order valence-corrected chi connectivity index (χ1v) is 15.9. The summed E-state index contributed by atoms with van der Waals surface area (Å²) in [6, 6.07) is 7.25. The number of rotatable bonds is 9. The number of nitrogens with one attached hydrogen (secondary N) is 3. The van der Waals surface area contributed by atoms with Gasteiger partial charge >= 0.3 is 0 Å². The molecule has 0 unspecified atom stereocenters. The molecule has 2 saturated heterocycles. The fraction of sp³-hybridized carbons (Fsp3) is 0.484. The molecule has 0 atom stereocenters. The molecule has 1 saturated carbocycles. The number of thiazole rings is 1. The molecule has 3 aromatic rings. The fourth-order valence-corrected chi connectivity index (χ4v) is 6.79. The average molecular weight is 622 g/mol. The number of anilines is 3. The number of methoxy groups -OCH3 is 1. The topological polar surface area (TPSA) is 142 Å². The van der Waals surface area contributed by atoms with E-state index in [0.717, 1.165) is 51.9 Å². The van der Waals surface area contributed by atoms with Crippen molar-refractivity contribution >= 4 is 46.3 Å². The van der Waals surface area contributed by atoms with Crippen molar-refractivity contribution in [2.45, 2.75) is 51.0 Å². The zero-order valence-electron chi connectivity index (χ0n) is 27.6. The summed E-state index contributed by atoms with van der Waals surface area (Å²) in [6.45, 7) is 0.988. The van der Waals surface area contributed by atoms with E-state index in [1.165, 1.54) is 43.8 Å². The van der Waals surface area contributed by atoms with Crippen LogP contribution in [0.1, 0.15) is 69.2 Å². The predicted octanol–water partition coefficient (Wildman–Crippen LogP) is 4.15. The molecule has 4 heterocycles. The standard InChI is InChI=1S/C31H38N8O4S/c1-32-29(41)26-23(17-25(36-37-26)35-28(40)19-9-10-19)34-22-8-6-7-21(27(22)43-2)30-33-18-24(44-30)31(42)39-15-11-20(12-16-39)38-13-4-3-5-14-38/h6-8,17-20H,3-5,9-16H2,1-2H3,(H,32,41)(H2,34,35,36,40)/i1D3. The summed E-state index contributed by atoms with van der Waals surface area (Å²) in [5.74, 6) is -0.820. The van der Waals surface area contributed by atoms with Gasteiger partial charge in [-0.05, 0) is 63.7 Å². The zero-order chi connectivity index (χ0) is 33.1. The van der Waals surface area contributed by atoms with Gasteiger partial charge in [0.2, 0.25) is 5.91 Å². The molecule has 1 aliphatic carbocycles. The lowest BCUT2D eigenvalue weighted by Crippen LogP contribution is -2.48. The molecule has 232 valence electrons. The van der Waals surface area contributed by atoms with Gasteiger partial charge in [-0.1, -0.05) is 12.5 Å². The van der Waals surface area contributed by atoms with Crippen LogP contribution in [-0.4, -0.2) is 89.0 Å². The van der Waals surface area contributed by atoms with Crippen LogP contribution < -0.4 is 20.7 Å². The van der Waals surface area contributed by atoms with Crippen LogP contribution in [0.2, 0.25) is 0 Å². The van der Waals surface area contributed by atoms with Gasteiger partial charge in [-0.15, -0.1) is 21.5 Å². The van der Waals surface area contributed by atoms with Crippen molar-refractivity contribution < 1.29 is 23.2 Å². The Hall–Kier alpha value is -4.10. The molecule has 6 rings (SSSR count). The Balaban J connectivity index is 1.21. The van der Waals surface area contributed by atoms with Gasteiger partial charge in [0.1, 0.15) is 9.88 Å². The smallest absolute Gasteiger partial charge is 0.273 e. The highest BCUT2D eigenvalue weighted by molar-refractivity contribution is 7.17. The maximum absolute atomic E-state index is 13.5. The number of likely N-dealkylation sites (tertiary alicyclic amines) is 2. The number of para-hydroxylation sites is 1. The lowest BCUT2D eigenvalue weighted by Gasteiger charge is -2.40. The van der Waals surface area contributed by atoms with Gasteiger partial charge < -0.3 is 30.5 Å². The Bertz CT molecular complexity index is 1630. The van der Waals surface area contributed by atoms with Gasteiger partial charge in [0, 0.05) is 42.2 Å². The van der Waals surface area contributed by atoms with Gasteiger partial charge in [0.25, 0.3) is 11.8 Å². The van der Waals surface area contributed by atoms with Gasteiger partial charge in [0.15, 0.2) is 17.3 Å². The number of hydrogen-bond acceptors (Lipinski definition) is 10. The summed E-state index contributed by atoms with van der Waals surface area (Å²) < 4.78 is 28.1. The quantitative estimate of drug-likeness (QED) is 0.321. The number of aromatic nitrogens is 3. The highest BCUT2D eigenvalue weighted by Crippen LogP contribution is 2.40. The first-order chi connectivity index (χ1) is 22.6. The summed E-state index contributed by atoms with van der Waals surface area (Å²) in [5.41, 5.74) is 0.849. The molecule has 3 N–H and O–H groups in total. The molecule has 0 spiro atoms. The predicted molar refractivity (Wildman–Crippen MR) is 169 cm³/mol. The Kier molecular flexibility index (Phi) is 7.93. The third-order valence-electron chi connectivity index (χ3n) is 8.42. The van der Waals surface area contributed by atoms with E-state index in [2.05, 4.69) is 30.7 Å². The van der Waals surface area contributed by atoms with Crippen molar-refractivity contribution in [3.05, 3.63) is 41.0 Å². The van der Waals surface area contributed by atoms with E-state index >= 15 is 0 Å². The first kappa shape index (κ1) is 26.3. The Morgan fingerprint density at radius 1 is 1.02 bits per heavy atom. The van der Waals surface area contributed by atoms with Crippen LogP contribution in [-0.2, 0) is 4.79 Å². The number of hydrogen-bond donors (Lipinski definition) is 3. The van der Waals surface area contributed by atoms with Crippen molar-refractivity contribution in [1.82, 2.24) is 30.3 Å². The van der Waals surface area contributed by atoms with Crippen LogP contribution >= 0.6 is 11.3 Å². The summed E-state index contributed by atoms with van der Waals surface area (Å²) in [4.78, 5) is 48.3. The maximum atomic E-state index is 13.5. The molecular weight excluding hydrogens is 580 g/mol. The second-order valence-electron chi connectivity index (χ2n) is 11.4. The number of piperidine rings is 2. The SMILES string of the molecule is [2H]C([2H])([2H])NC(=O)c1nnc(NC(=O)C2CC2)cc1Nc1cccc(-c2ncc(C(=O)N3CCC(N4CCCCC4)CC3)s2)c1OC. The molecule has 3 amide bonds. The lowest BCUT2D eigenvalue weighted by molar-refractivity contribution is -0.117. The monoisotopic (exact) mass is 621 g/mol. The summed E-state index contributed by atoms with van der Waals surface area (Å²) in [5, 5.41) is 16.2. The number of benzene rings is 1. The summed E-state index contributed by atoms with van der Waals surface area (Å²) >= 11 is 1.28. The number of amides is 3. The zero-order valence-corrected chi connectivity index (χ0v) is 25.4. The third-order valence-corrected chi connectivity index (χ3v) is 9.43. The van der Waals surface area contributed by atoms with Crippen molar-refractivity contribution in [1.29, 1.82) is 0 Å². The molecule has 0 radical (unpaired) electrons. The molecule has 0 bridgehead atoms. The van der Waals surface area contributed by atoms with E-state index in [0.29, 0.717) is 32.9 Å². The minimum Gasteiger partial charge on any atom is -0.494 e. The van der Waals surface area contributed by atoms with Crippen LogP contribution in [0.15, 0.2) is 30.5 Å². The molecule has 3 fully saturated rings. The molecule has 1 aromatic carbocycles. The summed E-state index contributed by atoms with van der Waals surface area (Å²) in [7, 11) is 1.49. The van der Waals surface area contributed by atoms with Crippen LogP contribution in [0.25, 0.3) is 10.6 Å². The molecule has 3 aliphatic rings. The van der Waals surface area contributed by atoms with E-state index in [9.17, 15) is 14.4 Å². The normalized spacial score (nSPS) is 18.9. The van der Waals surface area contributed by atoms with Crippen molar-refractivity contribution in [3.63, 3.8) is 0 Å². The second kappa shape index (κ2) is 13.3. The number of ether oxygens (including phenoxy) is 1. The van der Waals surface area contributed by atoms with Gasteiger partial charge in [-0.3, -0.25) is 14.4 Å². The van der Waals surface area contributed by atoms with Crippen LogP contribution in [0.4, 0.5) is 17.2 Å². The number of nitrogens with zero attached hydrogens (tertiary/aromatic N) is 5. The Morgan fingerprint density at radius 3 is 2.55 bits per heavy atom. The van der Waals surface area contributed by atoms with Gasteiger partial charge in [0.05, 0.1) is 30.2 Å². The largest absolute Gasteiger partial charge is 0.494 e. The molecule has 12 nitrogen and oxygen atoms in total.